The first-order chi connectivity index (χ1) is 13.1. The molecule has 0 saturated heterocycles. The number of hydrogen-bond acceptors (Lipinski definition) is 5. The van der Waals surface area contributed by atoms with E-state index in [2.05, 4.69) is 15.9 Å². The van der Waals surface area contributed by atoms with Crippen LogP contribution in [0.5, 0.6) is 5.75 Å². The highest BCUT2D eigenvalue weighted by molar-refractivity contribution is 9.10. The fourth-order valence-corrected chi connectivity index (χ4v) is 3.23. The fraction of sp³-hybridized carbons (Fsp3) is 0.125. The number of alkyl halides is 2. The second kappa shape index (κ2) is 8.57. The van der Waals surface area contributed by atoms with Gasteiger partial charge in [-0.3, -0.25) is 19.7 Å². The molecule has 2 aromatic rings. The van der Waals surface area contributed by atoms with Crippen LogP contribution in [-0.2, 0) is 4.79 Å². The predicted molar refractivity (Wildman–Crippen MR) is 96.8 cm³/mol. The van der Waals surface area contributed by atoms with Crippen molar-refractivity contribution >= 4 is 50.6 Å². The maximum Gasteiger partial charge on any atom is 0.315 e. The van der Waals surface area contributed by atoms with Crippen LogP contribution in [0.4, 0.5) is 24.5 Å². The molecule has 2 aromatic carbocycles. The lowest BCUT2D eigenvalue weighted by molar-refractivity contribution is -0.385. The number of methoxy groups -OCH3 is 1. The molecule has 1 N–H and O–H groups in total. The van der Waals surface area contributed by atoms with Crippen LogP contribution in [0.1, 0.15) is 15.9 Å². The number of nitro groups is 1. The molecule has 0 radical (unpaired) electrons. The Balaban J connectivity index is 2.73. The van der Waals surface area contributed by atoms with E-state index >= 15 is 0 Å². The van der Waals surface area contributed by atoms with Crippen molar-refractivity contribution in [3.8, 4) is 5.75 Å². The summed E-state index contributed by atoms with van der Waals surface area (Å²) in [5.74, 6) is -3.88. The number of carbonyl (C=O) groups is 2. The normalized spacial score (nSPS) is 10.7. The van der Waals surface area contributed by atoms with Gasteiger partial charge in [-0.05, 0) is 34.1 Å². The van der Waals surface area contributed by atoms with Crippen LogP contribution >= 0.6 is 27.5 Å². The summed E-state index contributed by atoms with van der Waals surface area (Å²) >= 11 is 8.84. The van der Waals surface area contributed by atoms with Crippen molar-refractivity contribution in [2.45, 2.75) is 6.43 Å². The number of nitrogens with one attached hydrogen (secondary N) is 1. The molecule has 0 unspecified atom stereocenters. The van der Waals surface area contributed by atoms with Gasteiger partial charge in [0.15, 0.2) is 5.75 Å². The largest absolute Gasteiger partial charge is 0.493 e. The Labute approximate surface area is 168 Å². The van der Waals surface area contributed by atoms with Gasteiger partial charge >= 0.3 is 6.43 Å². The molecule has 0 aliphatic heterocycles. The van der Waals surface area contributed by atoms with Gasteiger partial charge in [0.25, 0.3) is 11.6 Å². The first-order valence-corrected chi connectivity index (χ1v) is 8.39. The Kier molecular flexibility index (Phi) is 6.62. The van der Waals surface area contributed by atoms with Crippen LogP contribution in [-0.4, -0.2) is 30.1 Å². The van der Waals surface area contributed by atoms with E-state index in [1.54, 1.807) is 5.32 Å². The summed E-state index contributed by atoms with van der Waals surface area (Å²) in [6.45, 7) is 0. The van der Waals surface area contributed by atoms with E-state index in [-0.39, 0.29) is 20.8 Å². The molecular weight excluding hydrogens is 473 g/mol. The van der Waals surface area contributed by atoms with Crippen LogP contribution in [0, 0.1) is 15.9 Å². The molecule has 148 valence electrons. The van der Waals surface area contributed by atoms with Gasteiger partial charge in [-0.2, -0.15) is 8.78 Å². The maximum absolute atomic E-state index is 13.5. The molecule has 0 aromatic heterocycles. The van der Waals surface area contributed by atoms with Crippen molar-refractivity contribution < 1.29 is 32.4 Å². The van der Waals surface area contributed by atoms with Crippen LogP contribution in [0.25, 0.3) is 0 Å². The Morgan fingerprint density at radius 3 is 2.50 bits per heavy atom. The summed E-state index contributed by atoms with van der Waals surface area (Å²) in [7, 11) is 1.09. The molecule has 1 amide bonds. The standard InChI is InChI=1S/C16H9BrClF3N2O5/c1-28-14-9(22-16(25)15(20)21)5-10(23(26)27)11(12(14)17)13(24)7-4-6(19)2-3-8(7)18/h2-5,15H,1H3,(H,22,25). The van der Waals surface area contributed by atoms with Gasteiger partial charge < -0.3 is 10.1 Å². The fourth-order valence-electron chi connectivity index (χ4n) is 2.26. The van der Waals surface area contributed by atoms with E-state index in [4.69, 9.17) is 16.3 Å². The average molecular weight is 482 g/mol. The molecule has 0 aliphatic carbocycles. The molecule has 0 heterocycles. The molecule has 0 spiro atoms. The van der Waals surface area contributed by atoms with E-state index in [1.807, 2.05) is 0 Å². The van der Waals surface area contributed by atoms with E-state index in [9.17, 15) is 32.9 Å². The van der Waals surface area contributed by atoms with Gasteiger partial charge in [-0.1, -0.05) is 11.6 Å². The minimum atomic E-state index is -3.39. The predicted octanol–water partition coefficient (Wildman–Crippen LogP) is 4.59. The first-order valence-electron chi connectivity index (χ1n) is 7.22. The smallest absolute Gasteiger partial charge is 0.315 e. The Morgan fingerprint density at radius 1 is 1.32 bits per heavy atom. The van der Waals surface area contributed by atoms with E-state index in [0.717, 1.165) is 25.3 Å². The van der Waals surface area contributed by atoms with Crippen LogP contribution in [0.15, 0.2) is 28.7 Å². The number of nitrogens with zero attached hydrogens (tertiary/aromatic N) is 1. The third-order valence-electron chi connectivity index (χ3n) is 3.46. The van der Waals surface area contributed by atoms with Crippen molar-refractivity contribution in [1.82, 2.24) is 0 Å². The quantitative estimate of drug-likeness (QED) is 0.370. The van der Waals surface area contributed by atoms with Crippen molar-refractivity contribution in [2.75, 3.05) is 12.4 Å². The number of halogens is 5. The summed E-state index contributed by atoms with van der Waals surface area (Å²) in [4.78, 5) is 34.6. The lowest BCUT2D eigenvalue weighted by Gasteiger charge is -2.15. The Bertz CT molecular complexity index is 987. The molecule has 0 bridgehead atoms. The topological polar surface area (TPSA) is 98.5 Å². The van der Waals surface area contributed by atoms with Gasteiger partial charge in [0.05, 0.1) is 27.2 Å². The monoisotopic (exact) mass is 480 g/mol. The van der Waals surface area contributed by atoms with Gasteiger partial charge in [-0.25, -0.2) is 4.39 Å². The third kappa shape index (κ3) is 4.25. The second-order valence-electron chi connectivity index (χ2n) is 5.17. The van der Waals surface area contributed by atoms with Crippen LogP contribution in [0.2, 0.25) is 5.02 Å². The molecular formula is C16H9BrClF3N2O5. The van der Waals surface area contributed by atoms with Crippen molar-refractivity contribution in [3.05, 3.63) is 60.8 Å². The zero-order valence-corrected chi connectivity index (χ0v) is 16.1. The van der Waals surface area contributed by atoms with E-state index < -0.39 is 45.8 Å². The number of ketones is 1. The third-order valence-corrected chi connectivity index (χ3v) is 4.54. The average Bonchev–Trinajstić information content (AvgIpc) is 2.62. The number of ether oxygens (including phenoxy) is 1. The summed E-state index contributed by atoms with van der Waals surface area (Å²) in [5.41, 5.74) is -2.24. The number of nitro benzene ring substituents is 1. The number of benzene rings is 2. The lowest BCUT2D eigenvalue weighted by Crippen LogP contribution is -2.21. The molecule has 28 heavy (non-hydrogen) atoms. The second-order valence-corrected chi connectivity index (χ2v) is 6.37. The molecule has 7 nitrogen and oxygen atoms in total. The lowest BCUT2D eigenvalue weighted by atomic mass is 10.00. The molecule has 0 atom stereocenters. The summed E-state index contributed by atoms with van der Waals surface area (Å²) < 4.78 is 43.2. The first kappa shape index (κ1) is 21.6. The van der Waals surface area contributed by atoms with E-state index in [1.165, 1.54) is 0 Å². The van der Waals surface area contributed by atoms with Gasteiger partial charge in [0, 0.05) is 11.6 Å². The van der Waals surface area contributed by atoms with Crippen LogP contribution in [0.3, 0.4) is 0 Å². The van der Waals surface area contributed by atoms with E-state index in [0.29, 0.717) is 6.07 Å². The number of carbonyl (C=O) groups excluding carboxylic acids is 2. The van der Waals surface area contributed by atoms with Crippen molar-refractivity contribution in [2.24, 2.45) is 0 Å². The highest BCUT2D eigenvalue weighted by Crippen LogP contribution is 2.43. The zero-order valence-electron chi connectivity index (χ0n) is 13.8. The number of rotatable bonds is 6. The van der Waals surface area contributed by atoms with Gasteiger partial charge in [-0.15, -0.1) is 0 Å². The summed E-state index contributed by atoms with van der Waals surface area (Å²) in [6, 6.07) is 3.56. The number of hydrogen-bond donors (Lipinski definition) is 1. The SMILES string of the molecule is COc1c(NC(=O)C(F)F)cc([N+](=O)[O-])c(C(=O)c2cc(F)ccc2Cl)c1Br. The molecule has 0 fully saturated rings. The van der Waals surface area contributed by atoms with Gasteiger partial charge in [0.2, 0.25) is 5.78 Å². The van der Waals surface area contributed by atoms with Crippen LogP contribution < -0.4 is 10.1 Å². The molecule has 0 aliphatic rings. The Morgan fingerprint density at radius 2 is 1.96 bits per heavy atom. The minimum Gasteiger partial charge on any atom is -0.493 e. The molecule has 0 saturated carbocycles. The summed E-state index contributed by atoms with van der Waals surface area (Å²) in [5, 5.41) is 13.1. The van der Waals surface area contributed by atoms with Crippen molar-refractivity contribution in [1.29, 1.82) is 0 Å². The highest BCUT2D eigenvalue weighted by atomic mass is 79.9. The number of amides is 1. The summed E-state index contributed by atoms with van der Waals surface area (Å²) in [6.07, 6.45) is -3.39. The highest BCUT2D eigenvalue weighted by Gasteiger charge is 2.32. The zero-order chi connectivity index (χ0) is 21.2. The van der Waals surface area contributed by atoms with Crippen molar-refractivity contribution in [3.63, 3.8) is 0 Å². The maximum atomic E-state index is 13.5. The minimum absolute atomic E-state index is 0.165. The van der Waals surface area contributed by atoms with Gasteiger partial charge in [0.1, 0.15) is 11.4 Å². The molecule has 2 rings (SSSR count). The number of anilines is 1. The molecule has 12 heteroatoms. The Hall–Kier alpha value is -2.66.